The molecule has 1 amide bonds. The van der Waals surface area contributed by atoms with Gasteiger partial charge in [0, 0.05) is 6.54 Å². The average molecular weight is 189 g/mol. The molecule has 0 saturated carbocycles. The minimum absolute atomic E-state index is 0.104. The molecule has 13 heavy (non-hydrogen) atoms. The number of carboxylic acid groups (broad SMARTS) is 1. The third kappa shape index (κ3) is 2.59. The third-order valence-electron chi connectivity index (χ3n) is 1.75. The summed E-state index contributed by atoms with van der Waals surface area (Å²) >= 11 is 0. The lowest BCUT2D eigenvalue weighted by Crippen LogP contribution is -2.28. The maximum Gasteiger partial charge on any atom is 0.410 e. The summed E-state index contributed by atoms with van der Waals surface area (Å²) in [6.45, 7) is 0.169. The summed E-state index contributed by atoms with van der Waals surface area (Å²) in [4.78, 5) is 22.4. The molecule has 1 aliphatic heterocycles. The van der Waals surface area contributed by atoms with Crippen LogP contribution in [0.3, 0.4) is 0 Å². The van der Waals surface area contributed by atoms with Crippen LogP contribution in [-0.4, -0.2) is 53.0 Å². The number of hydrogen-bond acceptors (Lipinski definition) is 4. The first-order chi connectivity index (χ1) is 6.13. The van der Waals surface area contributed by atoms with E-state index in [1.54, 1.807) is 0 Å². The fraction of sp³-hybridized carbons (Fsp3) is 0.714. The van der Waals surface area contributed by atoms with Crippen molar-refractivity contribution in [3.8, 4) is 0 Å². The Kier molecular flexibility index (Phi) is 3.07. The van der Waals surface area contributed by atoms with Crippen molar-refractivity contribution >= 4 is 12.1 Å². The summed E-state index contributed by atoms with van der Waals surface area (Å²) in [5.74, 6) is -0.958. The first-order valence-electron chi connectivity index (χ1n) is 3.91. The Morgan fingerprint density at radius 1 is 1.69 bits per heavy atom. The van der Waals surface area contributed by atoms with Gasteiger partial charge in [0.15, 0.2) is 0 Å². The van der Waals surface area contributed by atoms with Crippen LogP contribution in [-0.2, 0) is 9.53 Å². The van der Waals surface area contributed by atoms with Crippen molar-refractivity contribution in [2.45, 2.75) is 12.5 Å². The number of carboxylic acids is 1. The first-order valence-corrected chi connectivity index (χ1v) is 3.91. The number of nitrogens with zero attached hydrogens (tertiary/aromatic N) is 1. The minimum atomic E-state index is -0.958. The van der Waals surface area contributed by atoms with Crippen molar-refractivity contribution in [2.75, 3.05) is 19.7 Å². The third-order valence-corrected chi connectivity index (χ3v) is 1.75. The Bertz CT molecular complexity index is 217. The van der Waals surface area contributed by atoms with E-state index in [4.69, 9.17) is 14.9 Å². The number of carbonyl (C=O) groups is 2. The molecule has 0 aliphatic carbocycles. The summed E-state index contributed by atoms with van der Waals surface area (Å²) in [6, 6.07) is 0. The van der Waals surface area contributed by atoms with E-state index in [1.165, 1.54) is 4.90 Å². The highest BCUT2D eigenvalue weighted by Gasteiger charge is 2.30. The van der Waals surface area contributed by atoms with Gasteiger partial charge in [0.25, 0.3) is 0 Å². The van der Waals surface area contributed by atoms with Gasteiger partial charge in [0.2, 0.25) is 0 Å². The van der Waals surface area contributed by atoms with Crippen LogP contribution in [0.25, 0.3) is 0 Å². The van der Waals surface area contributed by atoms with Gasteiger partial charge in [0.1, 0.15) is 6.10 Å². The van der Waals surface area contributed by atoms with Crippen molar-refractivity contribution in [1.82, 2.24) is 4.90 Å². The molecule has 1 rings (SSSR count). The highest BCUT2D eigenvalue weighted by Crippen LogP contribution is 2.10. The molecule has 1 aliphatic rings. The fourth-order valence-corrected chi connectivity index (χ4v) is 1.08. The Balaban J connectivity index is 2.35. The number of carbonyl (C=O) groups excluding carboxylic acids is 1. The topological polar surface area (TPSA) is 87.1 Å². The Labute approximate surface area is 74.7 Å². The SMILES string of the molecule is O=C(O)CCN1CC(CO)OC1=O. The molecule has 1 saturated heterocycles. The number of aliphatic hydroxyl groups is 1. The fourth-order valence-electron chi connectivity index (χ4n) is 1.08. The van der Waals surface area contributed by atoms with Crippen LogP contribution in [0.2, 0.25) is 0 Å². The van der Waals surface area contributed by atoms with Gasteiger partial charge in [-0.2, -0.15) is 0 Å². The van der Waals surface area contributed by atoms with Gasteiger partial charge in [0.05, 0.1) is 19.6 Å². The molecule has 1 unspecified atom stereocenters. The van der Waals surface area contributed by atoms with Gasteiger partial charge >= 0.3 is 12.1 Å². The highest BCUT2D eigenvalue weighted by atomic mass is 16.6. The first kappa shape index (κ1) is 9.79. The monoisotopic (exact) mass is 189 g/mol. The second-order valence-electron chi connectivity index (χ2n) is 2.78. The van der Waals surface area contributed by atoms with Crippen LogP contribution >= 0.6 is 0 Å². The number of ether oxygens (including phenoxy) is 1. The zero-order chi connectivity index (χ0) is 9.84. The number of hydrogen-bond donors (Lipinski definition) is 2. The standard InChI is InChI=1S/C7H11NO5/c9-4-5-3-8(7(12)13-5)2-1-6(10)11/h5,9H,1-4H2,(H,10,11). The van der Waals surface area contributed by atoms with Crippen LogP contribution in [0.4, 0.5) is 4.79 Å². The van der Waals surface area contributed by atoms with E-state index in [0.29, 0.717) is 0 Å². The van der Waals surface area contributed by atoms with Crippen LogP contribution in [0.1, 0.15) is 6.42 Å². The predicted octanol–water partition coefficient (Wildman–Crippen LogP) is -0.726. The molecule has 6 nitrogen and oxygen atoms in total. The van der Waals surface area contributed by atoms with Crippen molar-refractivity contribution in [3.63, 3.8) is 0 Å². The van der Waals surface area contributed by atoms with Gasteiger partial charge in [-0.05, 0) is 0 Å². The van der Waals surface area contributed by atoms with Gasteiger partial charge in [-0.1, -0.05) is 0 Å². The van der Waals surface area contributed by atoms with Crippen LogP contribution in [0.5, 0.6) is 0 Å². The van der Waals surface area contributed by atoms with E-state index < -0.39 is 18.2 Å². The van der Waals surface area contributed by atoms with Gasteiger partial charge in [-0.15, -0.1) is 0 Å². The van der Waals surface area contributed by atoms with Crippen molar-refractivity contribution < 1.29 is 24.5 Å². The Hall–Kier alpha value is -1.30. The summed E-state index contributed by atoms with van der Waals surface area (Å²) in [5.41, 5.74) is 0. The van der Waals surface area contributed by atoms with E-state index in [-0.39, 0.29) is 26.1 Å². The van der Waals surface area contributed by atoms with Crippen LogP contribution < -0.4 is 0 Å². The van der Waals surface area contributed by atoms with Crippen LogP contribution in [0, 0.1) is 0 Å². The largest absolute Gasteiger partial charge is 0.481 e. The summed E-state index contributed by atoms with van der Waals surface area (Å²) < 4.78 is 4.70. The number of aliphatic carboxylic acids is 1. The maximum atomic E-state index is 11.0. The summed E-state index contributed by atoms with van der Waals surface area (Å²) in [7, 11) is 0. The van der Waals surface area contributed by atoms with E-state index in [0.717, 1.165) is 0 Å². The molecular weight excluding hydrogens is 178 g/mol. The quantitative estimate of drug-likeness (QED) is 0.609. The minimum Gasteiger partial charge on any atom is -0.481 e. The average Bonchev–Trinajstić information content (AvgIpc) is 2.43. The van der Waals surface area contributed by atoms with E-state index in [2.05, 4.69) is 0 Å². The molecular formula is C7H11NO5. The van der Waals surface area contributed by atoms with Crippen molar-refractivity contribution in [2.24, 2.45) is 0 Å². The van der Waals surface area contributed by atoms with Gasteiger partial charge in [-0.25, -0.2) is 4.79 Å². The molecule has 1 atom stereocenters. The zero-order valence-corrected chi connectivity index (χ0v) is 6.97. The van der Waals surface area contributed by atoms with E-state index in [1.807, 2.05) is 0 Å². The molecule has 0 radical (unpaired) electrons. The zero-order valence-electron chi connectivity index (χ0n) is 6.97. The molecule has 2 N–H and O–H groups in total. The second-order valence-corrected chi connectivity index (χ2v) is 2.78. The normalized spacial score (nSPS) is 21.8. The van der Waals surface area contributed by atoms with Gasteiger partial charge < -0.3 is 19.8 Å². The molecule has 1 fully saturated rings. The second kappa shape index (κ2) is 4.08. The van der Waals surface area contributed by atoms with E-state index >= 15 is 0 Å². The number of aliphatic hydroxyl groups excluding tert-OH is 1. The molecule has 0 aromatic carbocycles. The lowest BCUT2D eigenvalue weighted by atomic mass is 10.3. The number of rotatable bonds is 4. The van der Waals surface area contributed by atoms with Crippen molar-refractivity contribution in [3.05, 3.63) is 0 Å². The maximum absolute atomic E-state index is 11.0. The molecule has 0 bridgehead atoms. The van der Waals surface area contributed by atoms with Crippen LogP contribution in [0.15, 0.2) is 0 Å². The van der Waals surface area contributed by atoms with E-state index in [9.17, 15) is 9.59 Å². The summed E-state index contributed by atoms with van der Waals surface area (Å²) in [5, 5.41) is 17.0. The summed E-state index contributed by atoms with van der Waals surface area (Å²) in [6.07, 6.45) is -1.17. The smallest absolute Gasteiger partial charge is 0.410 e. The molecule has 6 heteroatoms. The molecule has 0 aromatic rings. The Morgan fingerprint density at radius 2 is 2.38 bits per heavy atom. The number of amides is 1. The Morgan fingerprint density at radius 3 is 2.85 bits per heavy atom. The van der Waals surface area contributed by atoms with Gasteiger partial charge in [-0.3, -0.25) is 4.79 Å². The number of cyclic esters (lactones) is 1. The lowest BCUT2D eigenvalue weighted by Gasteiger charge is -2.09. The van der Waals surface area contributed by atoms with Crippen molar-refractivity contribution in [1.29, 1.82) is 0 Å². The molecule has 74 valence electrons. The molecule has 1 heterocycles. The molecule has 0 aromatic heterocycles. The lowest BCUT2D eigenvalue weighted by molar-refractivity contribution is -0.137. The predicted molar refractivity (Wildman–Crippen MR) is 41.2 cm³/mol. The highest BCUT2D eigenvalue weighted by molar-refractivity contribution is 5.72. The molecule has 0 spiro atoms.